The molecular weight excluding hydrogens is 476 g/mol. The van der Waals surface area contributed by atoms with E-state index < -0.39 is 97.3 Å². The second kappa shape index (κ2) is 6.82. The van der Waals surface area contributed by atoms with E-state index in [1.165, 1.54) is 0 Å². The average molecular weight is 496 g/mol. The highest BCUT2D eigenvalue weighted by molar-refractivity contribution is 5.24. The van der Waals surface area contributed by atoms with Gasteiger partial charge in [-0.2, -0.15) is 52.7 Å². The summed E-state index contributed by atoms with van der Waals surface area (Å²) < 4.78 is 171. The molecule has 0 aromatic carbocycles. The van der Waals surface area contributed by atoms with Crippen molar-refractivity contribution in [3.8, 4) is 0 Å². The number of aliphatic hydroxyl groups is 1. The third-order valence-electron chi connectivity index (χ3n) is 7.56. The second-order valence-electron chi connectivity index (χ2n) is 9.34. The fraction of sp³-hybridized carbons (Fsp3) is 1.00. The lowest BCUT2D eigenvalue weighted by Crippen LogP contribution is -2.78. The van der Waals surface area contributed by atoms with Crippen LogP contribution < -0.4 is 0 Å². The molecule has 2 nitrogen and oxygen atoms in total. The summed E-state index contributed by atoms with van der Waals surface area (Å²) in [5.41, 5.74) is -16.9. The standard InChI is InChI=1S/C18H20F12O2/c1-2-32-14(17(25,26)27,18(28,29)30)12-6-9-3-10(7-12)5-11(4-9,8-12)13(31,15(19,20)21)16(22,23)24/h9-10,31H,2-8H2,1H3. The van der Waals surface area contributed by atoms with Gasteiger partial charge < -0.3 is 9.84 Å². The largest absolute Gasteiger partial charge is 0.427 e. The van der Waals surface area contributed by atoms with Crippen LogP contribution in [0.3, 0.4) is 0 Å². The van der Waals surface area contributed by atoms with E-state index in [1.54, 1.807) is 0 Å². The molecule has 0 aliphatic heterocycles. The first kappa shape index (κ1) is 25.7. The van der Waals surface area contributed by atoms with Gasteiger partial charge in [-0.3, -0.25) is 0 Å². The maximum atomic E-state index is 14.1. The molecule has 4 fully saturated rings. The first-order valence-electron chi connectivity index (χ1n) is 9.76. The van der Waals surface area contributed by atoms with Gasteiger partial charge in [-0.1, -0.05) is 0 Å². The predicted octanol–water partition coefficient (Wildman–Crippen LogP) is 6.33. The number of rotatable bonds is 4. The molecule has 32 heavy (non-hydrogen) atoms. The topological polar surface area (TPSA) is 29.5 Å². The third-order valence-corrected chi connectivity index (χ3v) is 7.56. The van der Waals surface area contributed by atoms with Crippen molar-refractivity contribution in [1.29, 1.82) is 0 Å². The minimum absolute atomic E-state index is 0.118. The van der Waals surface area contributed by atoms with Gasteiger partial charge >= 0.3 is 24.7 Å². The van der Waals surface area contributed by atoms with E-state index in [2.05, 4.69) is 4.74 Å². The lowest BCUT2D eigenvalue weighted by atomic mass is 9.37. The Bertz CT molecular complexity index is 690. The maximum Gasteiger partial charge on any atom is 0.427 e. The maximum absolute atomic E-state index is 14.1. The highest BCUT2D eigenvalue weighted by Crippen LogP contribution is 2.77. The molecule has 0 heterocycles. The summed E-state index contributed by atoms with van der Waals surface area (Å²) in [6, 6.07) is 0. The molecular formula is C18H20F12O2. The van der Waals surface area contributed by atoms with Crippen LogP contribution >= 0.6 is 0 Å². The van der Waals surface area contributed by atoms with Crippen LogP contribution in [0.4, 0.5) is 52.7 Å². The van der Waals surface area contributed by atoms with Gasteiger partial charge in [-0.05, 0) is 57.3 Å². The van der Waals surface area contributed by atoms with Crippen LogP contribution in [-0.4, -0.2) is 47.6 Å². The monoisotopic (exact) mass is 496 g/mol. The fourth-order valence-electron chi connectivity index (χ4n) is 7.16. The van der Waals surface area contributed by atoms with Gasteiger partial charge in [-0.25, -0.2) is 0 Å². The van der Waals surface area contributed by atoms with Gasteiger partial charge in [0.25, 0.3) is 11.2 Å². The Hall–Kier alpha value is -0.920. The van der Waals surface area contributed by atoms with Crippen molar-refractivity contribution in [3.63, 3.8) is 0 Å². The summed E-state index contributed by atoms with van der Waals surface area (Å²) in [5, 5.41) is 10.1. The van der Waals surface area contributed by atoms with Crippen LogP contribution in [0.1, 0.15) is 45.4 Å². The summed E-state index contributed by atoms with van der Waals surface area (Å²) in [6.45, 7) is -0.309. The average Bonchev–Trinajstić information content (AvgIpc) is 2.52. The Kier molecular flexibility index (Phi) is 5.48. The zero-order chi connectivity index (χ0) is 24.8. The second-order valence-corrected chi connectivity index (χ2v) is 9.34. The summed E-state index contributed by atoms with van der Waals surface area (Å²) in [5.74, 6) is -2.59. The quantitative estimate of drug-likeness (QED) is 0.461. The molecule has 4 saturated carbocycles. The summed E-state index contributed by atoms with van der Waals surface area (Å²) in [7, 11) is 0. The van der Waals surface area contributed by atoms with E-state index in [0.717, 1.165) is 6.92 Å². The number of ether oxygens (including phenoxy) is 1. The van der Waals surface area contributed by atoms with Crippen molar-refractivity contribution in [3.05, 3.63) is 0 Å². The van der Waals surface area contributed by atoms with Crippen LogP contribution in [0.5, 0.6) is 0 Å². The molecule has 1 N–H and O–H groups in total. The molecule has 14 heteroatoms. The Morgan fingerprint density at radius 1 is 0.688 bits per heavy atom. The number of hydrogen-bond acceptors (Lipinski definition) is 2. The Labute approximate surface area is 174 Å². The van der Waals surface area contributed by atoms with Crippen molar-refractivity contribution in [2.45, 2.75) is 81.4 Å². The minimum atomic E-state index is -6.37. The van der Waals surface area contributed by atoms with Crippen molar-refractivity contribution >= 4 is 0 Å². The number of alkyl halides is 12. The molecule has 0 radical (unpaired) electrons. The molecule has 0 spiro atoms. The summed E-state index contributed by atoms with van der Waals surface area (Å²) in [6.07, 6.45) is -30.8. The van der Waals surface area contributed by atoms with Gasteiger partial charge in [0, 0.05) is 17.4 Å². The van der Waals surface area contributed by atoms with E-state index >= 15 is 0 Å². The zero-order valence-electron chi connectivity index (χ0n) is 16.5. The first-order chi connectivity index (χ1) is 14.1. The van der Waals surface area contributed by atoms with Gasteiger partial charge in [0.2, 0.25) is 0 Å². The Morgan fingerprint density at radius 3 is 1.38 bits per heavy atom. The van der Waals surface area contributed by atoms with Gasteiger partial charge in [0.15, 0.2) is 0 Å². The molecule has 4 aliphatic carbocycles. The SMILES string of the molecule is CCOC(C(F)(F)F)(C(F)(F)F)C12CC3CC(CC(C(O)(C(F)(F)F)C(F)(F)F)(C3)C1)C2. The van der Waals surface area contributed by atoms with Crippen LogP contribution in [0.25, 0.3) is 0 Å². The molecule has 0 aromatic rings. The number of hydrogen-bond donors (Lipinski definition) is 1. The summed E-state index contributed by atoms with van der Waals surface area (Å²) >= 11 is 0. The first-order valence-corrected chi connectivity index (χ1v) is 9.76. The lowest BCUT2D eigenvalue weighted by Gasteiger charge is -2.69. The fourth-order valence-corrected chi connectivity index (χ4v) is 7.16. The van der Waals surface area contributed by atoms with Crippen molar-refractivity contribution in [2.24, 2.45) is 22.7 Å². The normalized spacial score (nSPS) is 34.3. The Balaban J connectivity index is 2.31. The molecule has 4 bridgehead atoms. The molecule has 2 unspecified atom stereocenters. The number of halogens is 12. The van der Waals surface area contributed by atoms with Crippen molar-refractivity contribution in [1.82, 2.24) is 0 Å². The van der Waals surface area contributed by atoms with Crippen LogP contribution in [-0.2, 0) is 4.74 Å². The summed E-state index contributed by atoms with van der Waals surface area (Å²) in [4.78, 5) is 0. The third kappa shape index (κ3) is 3.02. The van der Waals surface area contributed by atoms with E-state index in [0.29, 0.717) is 0 Å². The highest BCUT2D eigenvalue weighted by atomic mass is 19.4. The molecule has 4 rings (SSSR count). The van der Waals surface area contributed by atoms with Crippen molar-refractivity contribution < 1.29 is 62.5 Å². The Morgan fingerprint density at radius 2 is 1.06 bits per heavy atom. The molecule has 2 atom stereocenters. The smallest absolute Gasteiger partial charge is 0.373 e. The van der Waals surface area contributed by atoms with Crippen LogP contribution in [0, 0.1) is 22.7 Å². The van der Waals surface area contributed by atoms with Crippen LogP contribution in [0.2, 0.25) is 0 Å². The van der Waals surface area contributed by atoms with E-state index in [-0.39, 0.29) is 6.42 Å². The van der Waals surface area contributed by atoms with E-state index in [9.17, 15) is 57.8 Å². The molecule has 188 valence electrons. The van der Waals surface area contributed by atoms with Crippen molar-refractivity contribution in [2.75, 3.05) is 6.61 Å². The molecule has 0 amide bonds. The molecule has 4 aliphatic rings. The van der Waals surface area contributed by atoms with Gasteiger partial charge in [0.05, 0.1) is 0 Å². The van der Waals surface area contributed by atoms with E-state index in [1.807, 2.05) is 0 Å². The molecule has 0 saturated heterocycles. The van der Waals surface area contributed by atoms with E-state index in [4.69, 9.17) is 0 Å². The van der Waals surface area contributed by atoms with Gasteiger partial charge in [-0.15, -0.1) is 0 Å². The van der Waals surface area contributed by atoms with Gasteiger partial charge in [0.1, 0.15) is 0 Å². The zero-order valence-corrected chi connectivity index (χ0v) is 16.5. The minimum Gasteiger partial charge on any atom is -0.373 e. The predicted molar refractivity (Wildman–Crippen MR) is 83.1 cm³/mol. The highest BCUT2D eigenvalue weighted by Gasteiger charge is 2.88. The lowest BCUT2D eigenvalue weighted by molar-refractivity contribution is -0.455. The molecule has 0 aromatic heterocycles. The van der Waals surface area contributed by atoms with Crippen LogP contribution in [0.15, 0.2) is 0 Å².